The van der Waals surface area contributed by atoms with E-state index >= 15 is 0 Å². The van der Waals surface area contributed by atoms with Crippen molar-refractivity contribution in [1.29, 1.82) is 0 Å². The number of carboxylic acid groups (broad SMARTS) is 1. The monoisotopic (exact) mass is 310 g/mol. The van der Waals surface area contributed by atoms with Gasteiger partial charge in [0, 0.05) is 19.8 Å². The van der Waals surface area contributed by atoms with Gasteiger partial charge in [0.15, 0.2) is 0 Å². The number of rotatable bonds is 13. The molecule has 1 N–H and O–H groups in total. The van der Waals surface area contributed by atoms with Crippen LogP contribution in [-0.2, 0) is 14.3 Å². The Balaban J connectivity index is 1.82. The van der Waals surface area contributed by atoms with Crippen LogP contribution in [0.5, 0.6) is 5.75 Å². The Morgan fingerprint density at radius 3 is 2.27 bits per heavy atom. The lowest BCUT2D eigenvalue weighted by Gasteiger charge is -2.07. The Morgan fingerprint density at radius 1 is 0.909 bits per heavy atom. The third kappa shape index (κ3) is 10.2. The number of benzene rings is 1. The maximum atomic E-state index is 10.2. The molecule has 0 spiro atoms. The number of carboxylic acids is 1. The molecule has 0 aromatic heterocycles. The van der Waals surface area contributed by atoms with Crippen molar-refractivity contribution < 1.29 is 24.1 Å². The fourth-order valence-corrected chi connectivity index (χ4v) is 1.83. The summed E-state index contributed by atoms with van der Waals surface area (Å²) < 4.78 is 16.0. The van der Waals surface area contributed by atoms with E-state index in [0.29, 0.717) is 13.2 Å². The van der Waals surface area contributed by atoms with Crippen molar-refractivity contribution >= 4 is 5.97 Å². The summed E-state index contributed by atoms with van der Waals surface area (Å²) in [5.74, 6) is -0.0167. The summed E-state index contributed by atoms with van der Waals surface area (Å²) >= 11 is 0. The number of aryl methyl sites for hydroxylation is 1. The second-order valence-corrected chi connectivity index (χ2v) is 5.13. The average Bonchev–Trinajstić information content (AvgIpc) is 2.50. The van der Waals surface area contributed by atoms with Gasteiger partial charge in [0.1, 0.15) is 12.4 Å². The van der Waals surface area contributed by atoms with Gasteiger partial charge >= 0.3 is 5.97 Å². The summed E-state index contributed by atoms with van der Waals surface area (Å²) in [6.45, 7) is 4.31. The van der Waals surface area contributed by atoms with E-state index in [1.165, 1.54) is 5.56 Å². The van der Waals surface area contributed by atoms with Gasteiger partial charge < -0.3 is 19.3 Å². The molecule has 0 aliphatic carbocycles. The highest BCUT2D eigenvalue weighted by atomic mass is 16.5. The van der Waals surface area contributed by atoms with E-state index in [1.54, 1.807) is 0 Å². The summed E-state index contributed by atoms with van der Waals surface area (Å²) in [7, 11) is 0. The fourth-order valence-electron chi connectivity index (χ4n) is 1.83. The molecule has 0 amide bonds. The molecule has 1 aromatic rings. The predicted molar refractivity (Wildman–Crippen MR) is 84.4 cm³/mol. The first kappa shape index (κ1) is 18.5. The maximum Gasteiger partial charge on any atom is 0.329 e. The Labute approximate surface area is 132 Å². The van der Waals surface area contributed by atoms with E-state index in [2.05, 4.69) is 6.92 Å². The van der Waals surface area contributed by atoms with Gasteiger partial charge in [0.05, 0.1) is 6.61 Å². The molecular weight excluding hydrogens is 284 g/mol. The highest BCUT2D eigenvalue weighted by Gasteiger charge is 1.97. The quantitative estimate of drug-likeness (QED) is 0.567. The Bertz CT molecular complexity index is 402. The molecule has 124 valence electrons. The minimum absolute atomic E-state index is 0.235. The topological polar surface area (TPSA) is 65.0 Å². The highest BCUT2D eigenvalue weighted by Crippen LogP contribution is 2.12. The molecule has 1 rings (SSSR count). The second-order valence-electron chi connectivity index (χ2n) is 5.13. The summed E-state index contributed by atoms with van der Waals surface area (Å²) in [5, 5.41) is 8.38. The molecule has 0 saturated heterocycles. The third-order valence-electron chi connectivity index (χ3n) is 3.03. The molecule has 0 radical (unpaired) electrons. The first-order valence-electron chi connectivity index (χ1n) is 7.75. The van der Waals surface area contributed by atoms with Crippen LogP contribution in [0.1, 0.15) is 31.2 Å². The molecule has 1 aromatic carbocycles. The molecule has 0 aliphatic heterocycles. The average molecular weight is 310 g/mol. The molecule has 0 fully saturated rings. The number of hydrogen-bond acceptors (Lipinski definition) is 4. The summed E-state index contributed by atoms with van der Waals surface area (Å²) in [6, 6.07) is 8.07. The molecule has 0 bridgehead atoms. The molecule has 0 saturated carbocycles. The van der Waals surface area contributed by atoms with Crippen LogP contribution in [0.15, 0.2) is 24.3 Å². The van der Waals surface area contributed by atoms with Crippen LogP contribution in [0, 0.1) is 6.92 Å². The standard InChI is InChI=1S/C17H26O5/c1-15-6-8-16(9-7-15)22-13-4-2-3-10-20-11-5-12-21-14-17(18)19/h6-9H,2-5,10-14H2,1H3,(H,18,19). The summed E-state index contributed by atoms with van der Waals surface area (Å²) in [4.78, 5) is 10.2. The number of unbranched alkanes of at least 4 members (excludes halogenated alkanes) is 2. The summed E-state index contributed by atoms with van der Waals surface area (Å²) in [6.07, 6.45) is 3.82. The summed E-state index contributed by atoms with van der Waals surface area (Å²) in [5.41, 5.74) is 1.23. The SMILES string of the molecule is Cc1ccc(OCCCCCOCCCOCC(=O)O)cc1. The second kappa shape index (κ2) is 12.0. The van der Waals surface area contributed by atoms with Crippen molar-refractivity contribution in [3.8, 4) is 5.75 Å². The minimum atomic E-state index is -0.936. The predicted octanol–water partition coefficient (Wildman–Crippen LogP) is 3.05. The zero-order chi connectivity index (χ0) is 16.0. The Kier molecular flexibility index (Phi) is 10.1. The number of aliphatic carboxylic acids is 1. The Morgan fingerprint density at radius 2 is 1.55 bits per heavy atom. The van der Waals surface area contributed by atoms with Gasteiger partial charge in [-0.25, -0.2) is 4.79 Å². The Hall–Kier alpha value is -1.59. The molecule has 0 heterocycles. The molecule has 22 heavy (non-hydrogen) atoms. The van der Waals surface area contributed by atoms with Crippen LogP contribution in [0.25, 0.3) is 0 Å². The minimum Gasteiger partial charge on any atom is -0.494 e. The first-order chi connectivity index (χ1) is 10.7. The van der Waals surface area contributed by atoms with Crippen LogP contribution < -0.4 is 4.74 Å². The molecule has 5 heteroatoms. The van der Waals surface area contributed by atoms with Crippen molar-refractivity contribution in [3.63, 3.8) is 0 Å². The zero-order valence-electron chi connectivity index (χ0n) is 13.3. The molecule has 5 nitrogen and oxygen atoms in total. The van der Waals surface area contributed by atoms with E-state index < -0.39 is 5.97 Å². The van der Waals surface area contributed by atoms with Crippen molar-refractivity contribution in [2.24, 2.45) is 0 Å². The van der Waals surface area contributed by atoms with Gasteiger partial charge in [0.2, 0.25) is 0 Å². The lowest BCUT2D eigenvalue weighted by molar-refractivity contribution is -0.142. The van der Waals surface area contributed by atoms with Crippen molar-refractivity contribution in [2.45, 2.75) is 32.6 Å². The lowest BCUT2D eigenvalue weighted by atomic mass is 10.2. The molecular formula is C17H26O5. The highest BCUT2D eigenvalue weighted by molar-refractivity contribution is 5.67. The van der Waals surface area contributed by atoms with Crippen LogP contribution in [0.4, 0.5) is 0 Å². The lowest BCUT2D eigenvalue weighted by Crippen LogP contribution is -2.09. The maximum absolute atomic E-state index is 10.2. The van der Waals surface area contributed by atoms with Gasteiger partial charge in [-0.15, -0.1) is 0 Å². The molecule has 0 atom stereocenters. The fraction of sp³-hybridized carbons (Fsp3) is 0.588. The van der Waals surface area contributed by atoms with E-state index in [-0.39, 0.29) is 6.61 Å². The van der Waals surface area contributed by atoms with E-state index in [1.807, 2.05) is 24.3 Å². The van der Waals surface area contributed by atoms with Crippen LogP contribution in [0.2, 0.25) is 0 Å². The van der Waals surface area contributed by atoms with E-state index in [4.69, 9.17) is 19.3 Å². The number of hydrogen-bond donors (Lipinski definition) is 1. The zero-order valence-corrected chi connectivity index (χ0v) is 13.3. The molecule has 0 unspecified atom stereocenters. The van der Waals surface area contributed by atoms with Crippen molar-refractivity contribution in [2.75, 3.05) is 33.0 Å². The van der Waals surface area contributed by atoms with Gasteiger partial charge in [-0.1, -0.05) is 17.7 Å². The number of carbonyl (C=O) groups is 1. The van der Waals surface area contributed by atoms with Crippen molar-refractivity contribution in [1.82, 2.24) is 0 Å². The van der Waals surface area contributed by atoms with Crippen LogP contribution >= 0.6 is 0 Å². The first-order valence-corrected chi connectivity index (χ1v) is 7.75. The normalized spacial score (nSPS) is 10.6. The van der Waals surface area contributed by atoms with Gasteiger partial charge in [-0.2, -0.15) is 0 Å². The van der Waals surface area contributed by atoms with Crippen LogP contribution in [0.3, 0.4) is 0 Å². The van der Waals surface area contributed by atoms with Gasteiger partial charge in [0.25, 0.3) is 0 Å². The van der Waals surface area contributed by atoms with E-state index in [0.717, 1.165) is 44.6 Å². The van der Waals surface area contributed by atoms with Gasteiger partial charge in [-0.3, -0.25) is 0 Å². The van der Waals surface area contributed by atoms with E-state index in [9.17, 15) is 4.79 Å². The largest absolute Gasteiger partial charge is 0.494 e. The number of ether oxygens (including phenoxy) is 3. The molecule has 0 aliphatic rings. The van der Waals surface area contributed by atoms with Crippen molar-refractivity contribution in [3.05, 3.63) is 29.8 Å². The third-order valence-corrected chi connectivity index (χ3v) is 3.03. The van der Waals surface area contributed by atoms with Crippen LogP contribution in [-0.4, -0.2) is 44.1 Å². The smallest absolute Gasteiger partial charge is 0.329 e. The van der Waals surface area contributed by atoms with Gasteiger partial charge in [-0.05, 0) is 44.7 Å².